The van der Waals surface area contributed by atoms with E-state index in [2.05, 4.69) is 5.32 Å². The number of rotatable bonds is 5. The van der Waals surface area contributed by atoms with E-state index in [1.807, 2.05) is 6.92 Å². The predicted octanol–water partition coefficient (Wildman–Crippen LogP) is 0.611. The first-order valence-electron chi connectivity index (χ1n) is 6.56. The standard InChI is InChI=1S/C13H17F2NO4S/c1-2-16-5-8-3-9(14)13(10(15)4-8)20-12-7-21(18,19)6-11(12)17/h3-4,11-12,16-17H,2,5-7H2,1H3. The van der Waals surface area contributed by atoms with E-state index in [9.17, 15) is 22.3 Å². The second-order valence-electron chi connectivity index (χ2n) is 4.97. The van der Waals surface area contributed by atoms with Crippen molar-refractivity contribution >= 4 is 9.84 Å². The fraction of sp³-hybridized carbons (Fsp3) is 0.538. The van der Waals surface area contributed by atoms with Gasteiger partial charge in [0.25, 0.3) is 0 Å². The van der Waals surface area contributed by atoms with Crippen LogP contribution in [0.2, 0.25) is 0 Å². The molecule has 0 bridgehead atoms. The van der Waals surface area contributed by atoms with Crippen LogP contribution in [-0.2, 0) is 16.4 Å². The van der Waals surface area contributed by atoms with Gasteiger partial charge in [0.2, 0.25) is 0 Å². The summed E-state index contributed by atoms with van der Waals surface area (Å²) >= 11 is 0. The normalized spacial score (nSPS) is 24.2. The van der Waals surface area contributed by atoms with Crippen LogP contribution in [0.5, 0.6) is 5.75 Å². The third kappa shape index (κ3) is 3.90. The zero-order valence-corrected chi connectivity index (χ0v) is 12.3. The Hall–Kier alpha value is -1.25. The summed E-state index contributed by atoms with van der Waals surface area (Å²) in [5, 5.41) is 12.5. The molecule has 1 saturated heterocycles. The molecular weight excluding hydrogens is 304 g/mol. The Bertz CT molecular complexity index is 598. The van der Waals surface area contributed by atoms with Crippen molar-refractivity contribution in [3.05, 3.63) is 29.3 Å². The smallest absolute Gasteiger partial charge is 0.191 e. The highest BCUT2D eigenvalue weighted by Gasteiger charge is 2.39. The van der Waals surface area contributed by atoms with Gasteiger partial charge in [0.1, 0.15) is 12.2 Å². The molecule has 2 N–H and O–H groups in total. The first-order chi connectivity index (χ1) is 9.82. The van der Waals surface area contributed by atoms with Gasteiger partial charge in [-0.1, -0.05) is 6.92 Å². The summed E-state index contributed by atoms with van der Waals surface area (Å²) in [5.74, 6) is -3.40. The lowest BCUT2D eigenvalue weighted by atomic mass is 10.2. The minimum Gasteiger partial charge on any atom is -0.480 e. The molecule has 2 unspecified atom stereocenters. The van der Waals surface area contributed by atoms with E-state index in [-0.39, 0.29) is 0 Å². The molecule has 1 aliphatic heterocycles. The highest BCUT2D eigenvalue weighted by atomic mass is 32.2. The largest absolute Gasteiger partial charge is 0.480 e. The minimum absolute atomic E-state index is 0.311. The first kappa shape index (κ1) is 16.1. The Morgan fingerprint density at radius 3 is 2.43 bits per heavy atom. The average molecular weight is 321 g/mol. The van der Waals surface area contributed by atoms with Crippen LogP contribution in [0.25, 0.3) is 0 Å². The molecule has 1 heterocycles. The summed E-state index contributed by atoms with van der Waals surface area (Å²) in [6, 6.07) is 2.24. The molecule has 0 radical (unpaired) electrons. The molecule has 1 aromatic rings. The maximum absolute atomic E-state index is 13.9. The van der Waals surface area contributed by atoms with Crippen LogP contribution in [0.3, 0.4) is 0 Å². The maximum Gasteiger partial charge on any atom is 0.191 e. The Morgan fingerprint density at radius 2 is 1.95 bits per heavy atom. The molecule has 2 rings (SSSR count). The predicted molar refractivity (Wildman–Crippen MR) is 72.8 cm³/mol. The SMILES string of the molecule is CCNCc1cc(F)c(OC2CS(=O)(=O)CC2O)c(F)c1. The van der Waals surface area contributed by atoms with Gasteiger partial charge in [-0.25, -0.2) is 17.2 Å². The van der Waals surface area contributed by atoms with Crippen molar-refractivity contribution in [3.63, 3.8) is 0 Å². The van der Waals surface area contributed by atoms with Gasteiger partial charge in [0.15, 0.2) is 27.2 Å². The monoisotopic (exact) mass is 321 g/mol. The topological polar surface area (TPSA) is 75.6 Å². The summed E-state index contributed by atoms with van der Waals surface area (Å²) in [7, 11) is -3.44. The Morgan fingerprint density at radius 1 is 1.33 bits per heavy atom. The van der Waals surface area contributed by atoms with Gasteiger partial charge in [-0.05, 0) is 24.2 Å². The molecule has 0 aromatic heterocycles. The molecule has 1 fully saturated rings. The summed E-state index contributed by atoms with van der Waals surface area (Å²) in [6.07, 6.45) is -2.44. The number of ether oxygens (including phenoxy) is 1. The quantitative estimate of drug-likeness (QED) is 0.831. The number of aliphatic hydroxyl groups excluding tert-OH is 1. The van der Waals surface area contributed by atoms with Gasteiger partial charge in [-0.15, -0.1) is 0 Å². The van der Waals surface area contributed by atoms with Crippen LogP contribution in [0.4, 0.5) is 8.78 Å². The third-order valence-corrected chi connectivity index (χ3v) is 4.86. The molecule has 1 aliphatic rings. The van der Waals surface area contributed by atoms with Crippen LogP contribution < -0.4 is 10.1 Å². The fourth-order valence-electron chi connectivity index (χ4n) is 2.16. The summed E-state index contributed by atoms with van der Waals surface area (Å²) in [5.41, 5.74) is 0.416. The zero-order valence-electron chi connectivity index (χ0n) is 11.5. The number of aliphatic hydroxyl groups is 1. The maximum atomic E-state index is 13.9. The van der Waals surface area contributed by atoms with Crippen molar-refractivity contribution in [2.24, 2.45) is 0 Å². The number of benzene rings is 1. The average Bonchev–Trinajstić information content (AvgIpc) is 2.64. The van der Waals surface area contributed by atoms with Crippen molar-refractivity contribution < 1.29 is 27.0 Å². The molecule has 2 atom stereocenters. The number of nitrogens with one attached hydrogen (secondary N) is 1. The Kier molecular flexibility index (Phi) is 4.80. The van der Waals surface area contributed by atoms with Crippen LogP contribution >= 0.6 is 0 Å². The molecule has 1 aromatic carbocycles. The molecule has 0 aliphatic carbocycles. The van der Waals surface area contributed by atoms with E-state index in [0.717, 1.165) is 12.1 Å². The molecule has 0 amide bonds. The van der Waals surface area contributed by atoms with Crippen molar-refractivity contribution in [3.8, 4) is 5.75 Å². The van der Waals surface area contributed by atoms with Crippen molar-refractivity contribution in [2.75, 3.05) is 18.1 Å². The number of hydrogen-bond donors (Lipinski definition) is 2. The lowest BCUT2D eigenvalue weighted by Crippen LogP contribution is -2.30. The van der Waals surface area contributed by atoms with E-state index in [1.165, 1.54) is 0 Å². The molecule has 0 saturated carbocycles. The van der Waals surface area contributed by atoms with Gasteiger partial charge in [0, 0.05) is 6.54 Å². The fourth-order valence-corrected chi connectivity index (χ4v) is 3.82. The summed E-state index contributed by atoms with van der Waals surface area (Å²) in [4.78, 5) is 0. The van der Waals surface area contributed by atoms with E-state index in [1.54, 1.807) is 0 Å². The van der Waals surface area contributed by atoms with Gasteiger partial charge in [0.05, 0.1) is 11.5 Å². The molecule has 21 heavy (non-hydrogen) atoms. The van der Waals surface area contributed by atoms with E-state index in [0.29, 0.717) is 18.7 Å². The lowest BCUT2D eigenvalue weighted by Gasteiger charge is -2.17. The molecule has 5 nitrogen and oxygen atoms in total. The van der Waals surface area contributed by atoms with Gasteiger partial charge in [-0.3, -0.25) is 0 Å². The van der Waals surface area contributed by atoms with Crippen LogP contribution in [0.1, 0.15) is 12.5 Å². The zero-order chi connectivity index (χ0) is 15.6. The number of hydrogen-bond acceptors (Lipinski definition) is 5. The van der Waals surface area contributed by atoms with E-state index < -0.39 is 50.9 Å². The lowest BCUT2D eigenvalue weighted by molar-refractivity contribution is 0.0681. The number of sulfone groups is 1. The molecule has 0 spiro atoms. The van der Waals surface area contributed by atoms with Crippen molar-refractivity contribution in [1.82, 2.24) is 5.32 Å². The number of halogens is 2. The molecule has 8 heteroatoms. The highest BCUT2D eigenvalue weighted by Crippen LogP contribution is 2.27. The first-order valence-corrected chi connectivity index (χ1v) is 8.38. The molecule has 118 valence electrons. The Labute approximate surface area is 121 Å². The van der Waals surface area contributed by atoms with Crippen LogP contribution in [-0.4, -0.2) is 43.8 Å². The second-order valence-corrected chi connectivity index (χ2v) is 7.12. The van der Waals surface area contributed by atoms with Crippen LogP contribution in [0, 0.1) is 11.6 Å². The second kappa shape index (κ2) is 6.25. The summed E-state index contributed by atoms with van der Waals surface area (Å²) < 4.78 is 55.5. The van der Waals surface area contributed by atoms with E-state index in [4.69, 9.17) is 4.74 Å². The van der Waals surface area contributed by atoms with Gasteiger partial charge >= 0.3 is 0 Å². The highest BCUT2D eigenvalue weighted by molar-refractivity contribution is 7.91. The van der Waals surface area contributed by atoms with Crippen LogP contribution in [0.15, 0.2) is 12.1 Å². The minimum atomic E-state index is -3.44. The Balaban J connectivity index is 2.17. The van der Waals surface area contributed by atoms with Crippen molar-refractivity contribution in [1.29, 1.82) is 0 Å². The van der Waals surface area contributed by atoms with Gasteiger partial charge in [-0.2, -0.15) is 0 Å². The molecular formula is C13H17F2NO4S. The van der Waals surface area contributed by atoms with Gasteiger partial charge < -0.3 is 15.2 Å². The van der Waals surface area contributed by atoms with Crippen molar-refractivity contribution in [2.45, 2.75) is 25.7 Å². The summed E-state index contributed by atoms with van der Waals surface area (Å²) in [6.45, 7) is 2.84. The van der Waals surface area contributed by atoms with E-state index >= 15 is 0 Å². The third-order valence-electron chi connectivity index (χ3n) is 3.18.